The van der Waals surface area contributed by atoms with Gasteiger partial charge in [0.15, 0.2) is 9.84 Å². The van der Waals surface area contributed by atoms with Crippen LogP contribution in [0.5, 0.6) is 0 Å². The second-order valence-electron chi connectivity index (χ2n) is 5.47. The van der Waals surface area contributed by atoms with E-state index in [0.717, 1.165) is 12.0 Å². The maximum Gasteiger partial charge on any atom is 0.252 e. The molecule has 23 heavy (non-hydrogen) atoms. The molecule has 0 bridgehead atoms. The molecule has 0 aliphatic carbocycles. The number of carbonyl (C=O) groups is 1. The average Bonchev–Trinajstić information content (AvgIpc) is 3.00. The van der Waals surface area contributed by atoms with E-state index in [-0.39, 0.29) is 16.5 Å². The lowest BCUT2D eigenvalue weighted by molar-refractivity contribution is 0.0935. The van der Waals surface area contributed by atoms with Crippen molar-refractivity contribution in [2.45, 2.75) is 10.9 Å². The average molecular weight is 336 g/mol. The van der Waals surface area contributed by atoms with E-state index in [2.05, 4.69) is 5.32 Å². The van der Waals surface area contributed by atoms with Gasteiger partial charge in [0, 0.05) is 12.8 Å². The molecule has 1 N–H and O–H groups in total. The van der Waals surface area contributed by atoms with Gasteiger partial charge in [0.05, 0.1) is 22.8 Å². The number of hydrogen-bond donors (Lipinski definition) is 1. The number of sulfone groups is 1. The van der Waals surface area contributed by atoms with Gasteiger partial charge in [-0.1, -0.05) is 12.1 Å². The predicted molar refractivity (Wildman–Crippen MR) is 87.0 cm³/mol. The Morgan fingerprint density at radius 3 is 2.48 bits per heavy atom. The number of nitrogens with one attached hydrogen (secondary N) is 1. The Hall–Kier alpha value is -2.12. The molecular weight excluding hydrogens is 316 g/mol. The van der Waals surface area contributed by atoms with Crippen molar-refractivity contribution < 1.29 is 17.6 Å². The number of carbonyl (C=O) groups excluding carboxylic acids is 1. The largest absolute Gasteiger partial charge is 0.468 e. The zero-order valence-electron chi connectivity index (χ0n) is 13.3. The molecule has 0 saturated carbocycles. The van der Waals surface area contributed by atoms with Crippen LogP contribution in [0.2, 0.25) is 0 Å². The Balaban J connectivity index is 2.17. The van der Waals surface area contributed by atoms with Gasteiger partial charge in [-0.3, -0.25) is 9.69 Å². The Labute approximate surface area is 136 Å². The summed E-state index contributed by atoms with van der Waals surface area (Å²) >= 11 is 0. The number of hydrogen-bond acceptors (Lipinski definition) is 5. The van der Waals surface area contributed by atoms with Gasteiger partial charge in [0.2, 0.25) is 0 Å². The molecular formula is C16H20N2O4S. The summed E-state index contributed by atoms with van der Waals surface area (Å²) in [7, 11) is 0.291. The van der Waals surface area contributed by atoms with E-state index in [1.165, 1.54) is 12.1 Å². The summed E-state index contributed by atoms with van der Waals surface area (Å²) < 4.78 is 29.0. The van der Waals surface area contributed by atoms with Crippen molar-refractivity contribution in [2.75, 3.05) is 26.9 Å². The second-order valence-corrected chi connectivity index (χ2v) is 7.46. The second kappa shape index (κ2) is 6.97. The summed E-state index contributed by atoms with van der Waals surface area (Å²) in [6.45, 7) is 0.303. The third-order valence-electron chi connectivity index (χ3n) is 3.48. The summed E-state index contributed by atoms with van der Waals surface area (Å²) in [5.74, 6) is 0.302. The molecule has 2 rings (SSSR count). The van der Waals surface area contributed by atoms with Gasteiger partial charge >= 0.3 is 0 Å². The molecule has 0 spiro atoms. The quantitative estimate of drug-likeness (QED) is 0.869. The Morgan fingerprint density at radius 1 is 1.22 bits per heavy atom. The molecule has 0 saturated heterocycles. The van der Waals surface area contributed by atoms with Crippen LogP contribution in [-0.4, -0.2) is 46.1 Å². The zero-order chi connectivity index (χ0) is 17.0. The molecule has 1 aromatic heterocycles. The third kappa shape index (κ3) is 4.20. The van der Waals surface area contributed by atoms with Gasteiger partial charge in [-0.25, -0.2) is 8.42 Å². The molecule has 6 nitrogen and oxygen atoms in total. The van der Waals surface area contributed by atoms with Gasteiger partial charge in [-0.05, 0) is 38.4 Å². The van der Waals surface area contributed by atoms with E-state index in [1.807, 2.05) is 25.1 Å². The molecule has 7 heteroatoms. The van der Waals surface area contributed by atoms with E-state index in [0.29, 0.717) is 6.54 Å². The first kappa shape index (κ1) is 17.2. The molecule has 1 heterocycles. The van der Waals surface area contributed by atoms with Crippen LogP contribution < -0.4 is 5.32 Å². The van der Waals surface area contributed by atoms with Crippen LogP contribution in [0, 0.1) is 0 Å². The van der Waals surface area contributed by atoms with Gasteiger partial charge in [-0.15, -0.1) is 0 Å². The van der Waals surface area contributed by atoms with Crippen LogP contribution in [0.15, 0.2) is 52.0 Å². The minimum Gasteiger partial charge on any atom is -0.468 e. The van der Waals surface area contributed by atoms with Crippen LogP contribution in [0.3, 0.4) is 0 Å². The highest BCUT2D eigenvalue weighted by atomic mass is 32.2. The molecule has 0 unspecified atom stereocenters. The van der Waals surface area contributed by atoms with E-state index in [1.54, 1.807) is 24.5 Å². The van der Waals surface area contributed by atoms with Gasteiger partial charge in [0.1, 0.15) is 5.76 Å². The highest BCUT2D eigenvalue weighted by Gasteiger charge is 2.21. The molecule has 0 fully saturated rings. The summed E-state index contributed by atoms with van der Waals surface area (Å²) in [5, 5.41) is 2.78. The van der Waals surface area contributed by atoms with E-state index in [4.69, 9.17) is 4.42 Å². The Bertz CT molecular complexity index is 767. The first-order valence-corrected chi connectivity index (χ1v) is 8.97. The fraction of sp³-hybridized carbons (Fsp3) is 0.312. The molecule has 0 aliphatic heterocycles. The lowest BCUT2D eigenvalue weighted by atomic mass is 10.1. The van der Waals surface area contributed by atoms with Crippen LogP contribution >= 0.6 is 0 Å². The molecule has 1 aromatic carbocycles. The Kier molecular flexibility index (Phi) is 5.23. The number of nitrogens with zero attached hydrogens (tertiary/aromatic N) is 1. The molecule has 0 aliphatic rings. The van der Waals surface area contributed by atoms with Crippen molar-refractivity contribution >= 4 is 15.7 Å². The van der Waals surface area contributed by atoms with Crippen molar-refractivity contribution in [3.8, 4) is 0 Å². The summed E-state index contributed by atoms with van der Waals surface area (Å²) in [4.78, 5) is 14.3. The lowest BCUT2D eigenvalue weighted by Crippen LogP contribution is -2.34. The normalized spacial score (nSPS) is 13.0. The number of benzene rings is 1. The van der Waals surface area contributed by atoms with Gasteiger partial charge in [0.25, 0.3) is 5.91 Å². The van der Waals surface area contributed by atoms with Crippen molar-refractivity contribution in [3.05, 3.63) is 54.0 Å². The first-order valence-electron chi connectivity index (χ1n) is 7.08. The standard InChI is InChI=1S/C16H20N2O4S/c1-18(2)13(14-8-6-10-22-14)11-17-16(19)12-7-4-5-9-15(12)23(3,20)21/h4-10,13H,11H2,1-3H3,(H,17,19)/t13-/m1/s1. The maximum absolute atomic E-state index is 12.4. The lowest BCUT2D eigenvalue weighted by Gasteiger charge is -2.22. The number of rotatable bonds is 6. The summed E-state index contributed by atoms with van der Waals surface area (Å²) in [6.07, 6.45) is 2.66. The van der Waals surface area contributed by atoms with Crippen LogP contribution in [0.1, 0.15) is 22.2 Å². The molecule has 0 radical (unpaired) electrons. The summed E-state index contributed by atoms with van der Waals surface area (Å²) in [6, 6.07) is 9.65. The molecule has 1 amide bonds. The van der Waals surface area contributed by atoms with Gasteiger partial charge < -0.3 is 9.73 Å². The number of likely N-dealkylation sites (N-methyl/N-ethyl adjacent to an activating group) is 1. The van der Waals surface area contributed by atoms with Crippen LogP contribution in [0.4, 0.5) is 0 Å². The van der Waals surface area contributed by atoms with Crippen LogP contribution in [0.25, 0.3) is 0 Å². The van der Waals surface area contributed by atoms with E-state index < -0.39 is 15.7 Å². The smallest absolute Gasteiger partial charge is 0.252 e. The van der Waals surface area contributed by atoms with Crippen molar-refractivity contribution in [1.82, 2.24) is 10.2 Å². The highest BCUT2D eigenvalue weighted by Crippen LogP contribution is 2.19. The van der Waals surface area contributed by atoms with E-state index in [9.17, 15) is 13.2 Å². The van der Waals surface area contributed by atoms with Crippen molar-refractivity contribution in [2.24, 2.45) is 0 Å². The van der Waals surface area contributed by atoms with Crippen LogP contribution in [-0.2, 0) is 9.84 Å². The number of amides is 1. The molecule has 1 atom stereocenters. The fourth-order valence-corrected chi connectivity index (χ4v) is 3.17. The fourth-order valence-electron chi connectivity index (χ4n) is 2.28. The Morgan fingerprint density at radius 2 is 1.91 bits per heavy atom. The van der Waals surface area contributed by atoms with E-state index >= 15 is 0 Å². The molecule has 124 valence electrons. The van der Waals surface area contributed by atoms with Crippen molar-refractivity contribution in [3.63, 3.8) is 0 Å². The topological polar surface area (TPSA) is 79.6 Å². The highest BCUT2D eigenvalue weighted by molar-refractivity contribution is 7.90. The minimum absolute atomic E-state index is 0.0249. The summed E-state index contributed by atoms with van der Waals surface area (Å²) in [5.41, 5.74) is 0.145. The number of furan rings is 1. The third-order valence-corrected chi connectivity index (χ3v) is 4.64. The maximum atomic E-state index is 12.4. The predicted octanol–water partition coefficient (Wildman–Crippen LogP) is 1.72. The monoisotopic (exact) mass is 336 g/mol. The first-order chi connectivity index (χ1) is 10.8. The SMILES string of the molecule is CN(C)[C@H](CNC(=O)c1ccccc1S(C)(=O)=O)c1ccco1. The zero-order valence-corrected chi connectivity index (χ0v) is 14.1. The van der Waals surface area contributed by atoms with Crippen molar-refractivity contribution in [1.29, 1.82) is 0 Å². The van der Waals surface area contributed by atoms with Gasteiger partial charge in [-0.2, -0.15) is 0 Å². The molecule has 2 aromatic rings. The minimum atomic E-state index is -3.47.